The van der Waals surface area contributed by atoms with Gasteiger partial charge in [0.2, 0.25) is 0 Å². The van der Waals surface area contributed by atoms with E-state index < -0.39 is 36.3 Å². The molecular formula is C12H14F6N2O2. The SMILES string of the molecule is O=C(NC1CC/C=C/CCC1NC(=O)C(F)(F)F)C(F)(F)F. The lowest BCUT2D eigenvalue weighted by Crippen LogP contribution is -2.56. The van der Waals surface area contributed by atoms with Gasteiger partial charge in [-0.05, 0) is 25.7 Å². The molecule has 22 heavy (non-hydrogen) atoms. The minimum Gasteiger partial charge on any atom is -0.343 e. The van der Waals surface area contributed by atoms with Crippen LogP contribution in [-0.2, 0) is 9.59 Å². The summed E-state index contributed by atoms with van der Waals surface area (Å²) < 4.78 is 73.6. The van der Waals surface area contributed by atoms with Crippen molar-refractivity contribution in [2.45, 2.75) is 50.1 Å². The highest BCUT2D eigenvalue weighted by atomic mass is 19.4. The van der Waals surface area contributed by atoms with Crippen molar-refractivity contribution in [3.8, 4) is 0 Å². The zero-order valence-electron chi connectivity index (χ0n) is 11.2. The Morgan fingerprint density at radius 3 is 1.36 bits per heavy atom. The second-order valence-corrected chi connectivity index (χ2v) is 4.78. The molecule has 0 bridgehead atoms. The third-order valence-corrected chi connectivity index (χ3v) is 3.09. The summed E-state index contributed by atoms with van der Waals surface area (Å²) in [5.41, 5.74) is 0. The molecule has 0 saturated carbocycles. The van der Waals surface area contributed by atoms with E-state index in [1.165, 1.54) is 0 Å². The van der Waals surface area contributed by atoms with Crippen molar-refractivity contribution >= 4 is 11.8 Å². The number of amides is 2. The second kappa shape index (κ2) is 7.01. The van der Waals surface area contributed by atoms with Gasteiger partial charge in [0.25, 0.3) is 0 Å². The van der Waals surface area contributed by atoms with Gasteiger partial charge < -0.3 is 10.6 Å². The van der Waals surface area contributed by atoms with Crippen LogP contribution in [0.4, 0.5) is 26.3 Å². The first kappa shape index (κ1) is 18.3. The zero-order chi connectivity index (χ0) is 17.0. The first-order valence-electron chi connectivity index (χ1n) is 6.42. The van der Waals surface area contributed by atoms with Crippen LogP contribution >= 0.6 is 0 Å². The Balaban J connectivity index is 2.84. The largest absolute Gasteiger partial charge is 0.471 e. The van der Waals surface area contributed by atoms with Crippen molar-refractivity contribution in [1.82, 2.24) is 10.6 Å². The number of carbonyl (C=O) groups is 2. The van der Waals surface area contributed by atoms with Gasteiger partial charge in [0, 0.05) is 12.1 Å². The summed E-state index contributed by atoms with van der Waals surface area (Å²) in [6.07, 6.45) is -6.43. The number of carbonyl (C=O) groups excluding carboxylic acids is 2. The Bertz CT molecular complexity index is 404. The molecule has 0 aromatic heterocycles. The predicted molar refractivity (Wildman–Crippen MR) is 63.6 cm³/mol. The molecule has 1 rings (SSSR count). The number of allylic oxidation sites excluding steroid dienone is 2. The molecule has 0 fully saturated rings. The van der Waals surface area contributed by atoms with Crippen LogP contribution in [0.15, 0.2) is 12.2 Å². The van der Waals surface area contributed by atoms with E-state index in [4.69, 9.17) is 0 Å². The fraction of sp³-hybridized carbons (Fsp3) is 0.667. The van der Waals surface area contributed by atoms with E-state index in [0.29, 0.717) is 0 Å². The molecule has 1 aliphatic carbocycles. The Morgan fingerprint density at radius 2 is 1.09 bits per heavy atom. The quantitative estimate of drug-likeness (QED) is 0.602. The summed E-state index contributed by atoms with van der Waals surface area (Å²) >= 11 is 0. The molecule has 0 saturated heterocycles. The lowest BCUT2D eigenvalue weighted by molar-refractivity contribution is -0.176. The minimum absolute atomic E-state index is 0.0128. The monoisotopic (exact) mass is 332 g/mol. The summed E-state index contributed by atoms with van der Waals surface area (Å²) in [5.74, 6) is -4.48. The first-order chi connectivity index (χ1) is 10.0. The number of hydrogen-bond acceptors (Lipinski definition) is 2. The van der Waals surface area contributed by atoms with E-state index in [1.807, 2.05) is 0 Å². The van der Waals surface area contributed by atoms with Crippen molar-refractivity contribution in [2.75, 3.05) is 0 Å². The summed E-state index contributed by atoms with van der Waals surface area (Å²) in [6, 6.07) is -2.46. The van der Waals surface area contributed by atoms with Gasteiger partial charge in [-0.25, -0.2) is 0 Å². The first-order valence-corrected chi connectivity index (χ1v) is 6.42. The van der Waals surface area contributed by atoms with Gasteiger partial charge >= 0.3 is 24.2 Å². The average molecular weight is 332 g/mol. The van der Waals surface area contributed by atoms with E-state index in [0.717, 1.165) is 0 Å². The number of halogens is 6. The molecule has 2 atom stereocenters. The number of hydrogen-bond donors (Lipinski definition) is 2. The van der Waals surface area contributed by atoms with Crippen molar-refractivity contribution in [3.05, 3.63) is 12.2 Å². The van der Waals surface area contributed by atoms with Crippen molar-refractivity contribution in [1.29, 1.82) is 0 Å². The Hall–Kier alpha value is -1.74. The molecular weight excluding hydrogens is 318 g/mol. The Labute approximate surface area is 121 Å². The van der Waals surface area contributed by atoms with Crippen molar-refractivity contribution in [2.24, 2.45) is 0 Å². The zero-order valence-corrected chi connectivity index (χ0v) is 11.2. The fourth-order valence-electron chi connectivity index (χ4n) is 2.04. The van der Waals surface area contributed by atoms with Gasteiger partial charge in [0.1, 0.15) is 0 Å². The predicted octanol–water partition coefficient (Wildman–Crippen LogP) is 2.21. The Morgan fingerprint density at radius 1 is 0.773 bits per heavy atom. The van der Waals surface area contributed by atoms with Gasteiger partial charge in [-0.3, -0.25) is 9.59 Å². The molecule has 0 aliphatic heterocycles. The molecule has 0 spiro atoms. The molecule has 126 valence electrons. The van der Waals surface area contributed by atoms with Gasteiger partial charge in [-0.1, -0.05) is 12.2 Å². The maximum Gasteiger partial charge on any atom is 0.471 e. The number of nitrogens with one attached hydrogen (secondary N) is 2. The number of alkyl halides is 6. The van der Waals surface area contributed by atoms with Crippen LogP contribution in [-0.4, -0.2) is 36.3 Å². The van der Waals surface area contributed by atoms with Crippen molar-refractivity contribution < 1.29 is 35.9 Å². The summed E-state index contributed by atoms with van der Waals surface area (Å²) in [7, 11) is 0. The maximum atomic E-state index is 12.3. The molecule has 2 N–H and O–H groups in total. The van der Waals surface area contributed by atoms with Crippen LogP contribution in [0.3, 0.4) is 0 Å². The summed E-state index contributed by atoms with van der Waals surface area (Å²) in [4.78, 5) is 21.9. The molecule has 1 aliphatic rings. The maximum absolute atomic E-state index is 12.3. The third-order valence-electron chi connectivity index (χ3n) is 3.09. The van der Waals surface area contributed by atoms with Gasteiger partial charge in [0.05, 0.1) is 0 Å². The van der Waals surface area contributed by atoms with Gasteiger partial charge in [-0.2, -0.15) is 26.3 Å². The second-order valence-electron chi connectivity index (χ2n) is 4.78. The normalized spacial score (nSPS) is 24.8. The lowest BCUT2D eigenvalue weighted by atomic mass is 9.95. The molecule has 10 heteroatoms. The van der Waals surface area contributed by atoms with E-state index in [-0.39, 0.29) is 25.7 Å². The molecule has 0 aromatic carbocycles. The average Bonchev–Trinajstić information content (AvgIpc) is 2.34. The van der Waals surface area contributed by atoms with Crippen LogP contribution in [0.5, 0.6) is 0 Å². The molecule has 0 aromatic rings. The smallest absolute Gasteiger partial charge is 0.343 e. The molecule has 4 nitrogen and oxygen atoms in total. The number of rotatable bonds is 2. The lowest BCUT2D eigenvalue weighted by Gasteiger charge is -2.30. The fourth-order valence-corrected chi connectivity index (χ4v) is 2.04. The van der Waals surface area contributed by atoms with Crippen LogP contribution in [0, 0.1) is 0 Å². The Kier molecular flexibility index (Phi) is 5.84. The van der Waals surface area contributed by atoms with Crippen LogP contribution in [0.25, 0.3) is 0 Å². The van der Waals surface area contributed by atoms with Crippen LogP contribution < -0.4 is 10.6 Å². The highest BCUT2D eigenvalue weighted by Crippen LogP contribution is 2.20. The molecule has 0 heterocycles. The molecule has 2 amide bonds. The summed E-state index contributed by atoms with van der Waals surface area (Å²) in [5, 5.41) is 3.31. The van der Waals surface area contributed by atoms with E-state index in [1.54, 1.807) is 22.8 Å². The topological polar surface area (TPSA) is 58.2 Å². The van der Waals surface area contributed by atoms with Gasteiger partial charge in [0.15, 0.2) is 0 Å². The van der Waals surface area contributed by atoms with E-state index in [9.17, 15) is 35.9 Å². The minimum atomic E-state index is -5.14. The van der Waals surface area contributed by atoms with E-state index in [2.05, 4.69) is 0 Å². The highest BCUT2D eigenvalue weighted by molar-refractivity contribution is 5.83. The third kappa shape index (κ3) is 5.57. The standard InChI is InChI=1S/C12H14F6N2O2/c13-11(14,15)9(21)19-7-5-3-1-2-4-6-8(7)20-10(22)12(16,17)18/h1-2,7-8H,3-6H2,(H,19,21)(H,20,22)/b2-1+. The molecule has 0 radical (unpaired) electrons. The van der Waals surface area contributed by atoms with Crippen LogP contribution in [0.1, 0.15) is 25.7 Å². The van der Waals surface area contributed by atoms with Gasteiger partial charge in [-0.15, -0.1) is 0 Å². The van der Waals surface area contributed by atoms with Crippen molar-refractivity contribution in [3.63, 3.8) is 0 Å². The van der Waals surface area contributed by atoms with E-state index >= 15 is 0 Å². The highest BCUT2D eigenvalue weighted by Gasteiger charge is 2.43. The van der Waals surface area contributed by atoms with Crippen LogP contribution in [0.2, 0.25) is 0 Å². The molecule has 2 unspecified atom stereocenters. The summed E-state index contributed by atoms with van der Waals surface area (Å²) in [6.45, 7) is 0.